The Morgan fingerprint density at radius 2 is 2.00 bits per heavy atom. The molecule has 1 fully saturated rings. The van der Waals surface area contributed by atoms with Crippen LogP contribution in [0.2, 0.25) is 0 Å². The van der Waals surface area contributed by atoms with E-state index in [9.17, 15) is 8.42 Å². The number of benzene rings is 1. The minimum Gasteiger partial charge on any atom is -0.384 e. The number of ether oxygens (including phenoxy) is 1. The fourth-order valence-corrected chi connectivity index (χ4v) is 3.68. The van der Waals surface area contributed by atoms with Crippen LogP contribution in [-0.4, -0.2) is 45.6 Å². The molecule has 1 aliphatic heterocycles. The molecule has 7 heteroatoms. The van der Waals surface area contributed by atoms with Gasteiger partial charge in [0.15, 0.2) is 0 Å². The van der Waals surface area contributed by atoms with Gasteiger partial charge in [-0.2, -0.15) is 4.31 Å². The van der Waals surface area contributed by atoms with Gasteiger partial charge in [-0.1, -0.05) is 12.1 Å². The predicted molar refractivity (Wildman–Crippen MR) is 80.6 cm³/mol. The third-order valence-electron chi connectivity index (χ3n) is 3.34. The van der Waals surface area contributed by atoms with Crippen LogP contribution in [0.1, 0.15) is 12.0 Å². The lowest BCUT2D eigenvalue weighted by Gasteiger charge is -2.16. The van der Waals surface area contributed by atoms with E-state index in [1.54, 1.807) is 19.2 Å². The fourth-order valence-electron chi connectivity index (χ4n) is 2.17. The van der Waals surface area contributed by atoms with E-state index in [0.717, 1.165) is 18.4 Å². The zero-order chi connectivity index (χ0) is 13.9. The first-order valence-electron chi connectivity index (χ1n) is 6.37. The Kier molecular flexibility index (Phi) is 6.42. The Bertz CT molecular complexity index is 519. The summed E-state index contributed by atoms with van der Waals surface area (Å²) in [5.74, 6) is 0. The van der Waals surface area contributed by atoms with Crippen LogP contribution >= 0.6 is 12.4 Å². The molecule has 1 heterocycles. The minimum atomic E-state index is -3.39. The van der Waals surface area contributed by atoms with Gasteiger partial charge in [-0.15, -0.1) is 12.4 Å². The van der Waals surface area contributed by atoms with Gasteiger partial charge in [0.25, 0.3) is 0 Å². The van der Waals surface area contributed by atoms with Crippen LogP contribution in [0.3, 0.4) is 0 Å². The molecular weight excluding hydrogens is 300 g/mol. The number of nitrogens with zero attached hydrogens (tertiary/aromatic N) is 1. The highest BCUT2D eigenvalue weighted by Gasteiger charge is 2.30. The summed E-state index contributed by atoms with van der Waals surface area (Å²) >= 11 is 0. The van der Waals surface area contributed by atoms with Gasteiger partial charge in [0.1, 0.15) is 0 Å². The molecule has 1 aromatic rings. The molecule has 20 heavy (non-hydrogen) atoms. The summed E-state index contributed by atoms with van der Waals surface area (Å²) in [6, 6.07) is 6.94. The van der Waals surface area contributed by atoms with Crippen molar-refractivity contribution in [3.63, 3.8) is 0 Å². The van der Waals surface area contributed by atoms with Gasteiger partial charge in [-0.25, -0.2) is 8.42 Å². The van der Waals surface area contributed by atoms with E-state index >= 15 is 0 Å². The zero-order valence-corrected chi connectivity index (χ0v) is 13.1. The van der Waals surface area contributed by atoms with Gasteiger partial charge in [0, 0.05) is 26.2 Å². The van der Waals surface area contributed by atoms with Gasteiger partial charge in [0.2, 0.25) is 10.0 Å². The average Bonchev–Trinajstić information content (AvgIpc) is 2.84. The third kappa shape index (κ3) is 3.93. The van der Waals surface area contributed by atoms with Crippen molar-refractivity contribution in [1.29, 1.82) is 0 Å². The summed E-state index contributed by atoms with van der Waals surface area (Å²) in [4.78, 5) is 0.336. The number of nitrogens with two attached hydrogens (primary N) is 1. The molecule has 2 N–H and O–H groups in total. The number of halogens is 1. The van der Waals surface area contributed by atoms with Crippen LogP contribution in [-0.2, 0) is 21.2 Å². The van der Waals surface area contributed by atoms with E-state index in [0.29, 0.717) is 24.6 Å². The van der Waals surface area contributed by atoms with Gasteiger partial charge >= 0.3 is 0 Å². The van der Waals surface area contributed by atoms with Crippen LogP contribution in [0.4, 0.5) is 0 Å². The van der Waals surface area contributed by atoms with E-state index in [1.807, 2.05) is 12.1 Å². The number of methoxy groups -OCH3 is 1. The Morgan fingerprint density at radius 3 is 2.50 bits per heavy atom. The number of hydrogen-bond donors (Lipinski definition) is 1. The summed E-state index contributed by atoms with van der Waals surface area (Å²) in [5, 5.41) is 0. The molecule has 0 amide bonds. The van der Waals surface area contributed by atoms with Crippen LogP contribution in [0, 0.1) is 0 Å². The lowest BCUT2D eigenvalue weighted by atomic mass is 10.2. The van der Waals surface area contributed by atoms with Crippen molar-refractivity contribution < 1.29 is 13.2 Å². The standard InChI is InChI=1S/C13H20N2O3S.ClH/c1-18-9-7-11-2-4-13(5-3-11)19(16,17)15-8-6-12(14)10-15;/h2-5,12H,6-10,14H2,1H3;1H/t12-;/m1./s1. The van der Waals surface area contributed by atoms with E-state index in [4.69, 9.17) is 10.5 Å². The van der Waals surface area contributed by atoms with Crippen molar-refractivity contribution in [1.82, 2.24) is 4.31 Å². The van der Waals surface area contributed by atoms with Crippen molar-refractivity contribution in [2.75, 3.05) is 26.8 Å². The van der Waals surface area contributed by atoms with E-state index in [2.05, 4.69) is 0 Å². The van der Waals surface area contributed by atoms with Crippen molar-refractivity contribution in [3.8, 4) is 0 Å². The summed E-state index contributed by atoms with van der Waals surface area (Å²) in [7, 11) is -1.74. The first kappa shape index (κ1) is 17.4. The first-order chi connectivity index (χ1) is 9.04. The molecule has 1 atom stereocenters. The molecule has 0 bridgehead atoms. The normalized spacial score (nSPS) is 19.8. The second-order valence-corrected chi connectivity index (χ2v) is 6.74. The fraction of sp³-hybridized carbons (Fsp3) is 0.538. The molecule has 0 radical (unpaired) electrons. The van der Waals surface area contributed by atoms with Gasteiger partial charge in [-0.3, -0.25) is 0 Å². The second-order valence-electron chi connectivity index (χ2n) is 4.80. The van der Waals surface area contributed by atoms with Crippen LogP contribution in [0.15, 0.2) is 29.2 Å². The van der Waals surface area contributed by atoms with Gasteiger partial charge in [0.05, 0.1) is 11.5 Å². The maximum absolute atomic E-state index is 12.4. The Morgan fingerprint density at radius 1 is 1.35 bits per heavy atom. The smallest absolute Gasteiger partial charge is 0.243 e. The SMILES string of the molecule is COCCc1ccc(S(=O)(=O)N2CC[C@@H](N)C2)cc1.Cl. The van der Waals surface area contributed by atoms with Crippen molar-refractivity contribution in [3.05, 3.63) is 29.8 Å². The van der Waals surface area contributed by atoms with E-state index in [1.165, 1.54) is 4.31 Å². The van der Waals surface area contributed by atoms with Crippen LogP contribution in [0.25, 0.3) is 0 Å². The second kappa shape index (κ2) is 7.38. The third-order valence-corrected chi connectivity index (χ3v) is 5.22. The Labute approximate surface area is 126 Å². The average molecular weight is 321 g/mol. The lowest BCUT2D eigenvalue weighted by Crippen LogP contribution is -2.31. The number of hydrogen-bond acceptors (Lipinski definition) is 4. The molecule has 1 aromatic carbocycles. The van der Waals surface area contributed by atoms with Crippen molar-refractivity contribution in [2.45, 2.75) is 23.8 Å². The summed E-state index contributed by atoms with van der Waals surface area (Å²) in [6.07, 6.45) is 1.51. The first-order valence-corrected chi connectivity index (χ1v) is 7.81. The lowest BCUT2D eigenvalue weighted by molar-refractivity contribution is 0.202. The van der Waals surface area contributed by atoms with E-state index < -0.39 is 10.0 Å². The highest BCUT2D eigenvalue weighted by atomic mass is 35.5. The Hall–Kier alpha value is -0.660. The predicted octanol–water partition coefficient (Wildman–Crippen LogP) is 1.02. The number of rotatable bonds is 5. The van der Waals surface area contributed by atoms with Gasteiger partial charge < -0.3 is 10.5 Å². The molecule has 0 aromatic heterocycles. The molecular formula is C13H21ClN2O3S. The molecule has 0 unspecified atom stereocenters. The van der Waals surface area contributed by atoms with Crippen molar-refractivity contribution in [2.24, 2.45) is 5.73 Å². The molecule has 5 nitrogen and oxygen atoms in total. The van der Waals surface area contributed by atoms with Crippen molar-refractivity contribution >= 4 is 22.4 Å². The maximum atomic E-state index is 12.4. The zero-order valence-electron chi connectivity index (χ0n) is 11.5. The van der Waals surface area contributed by atoms with Crippen LogP contribution < -0.4 is 5.73 Å². The summed E-state index contributed by atoms with van der Waals surface area (Å²) < 4.78 is 31.2. The molecule has 2 rings (SSSR count). The molecule has 0 saturated carbocycles. The van der Waals surface area contributed by atoms with E-state index in [-0.39, 0.29) is 18.4 Å². The van der Waals surface area contributed by atoms with Crippen LogP contribution in [0.5, 0.6) is 0 Å². The maximum Gasteiger partial charge on any atom is 0.243 e. The molecule has 1 aliphatic rings. The quantitative estimate of drug-likeness (QED) is 0.879. The highest BCUT2D eigenvalue weighted by molar-refractivity contribution is 7.89. The molecule has 1 saturated heterocycles. The summed E-state index contributed by atoms with van der Waals surface area (Å²) in [5.41, 5.74) is 6.83. The largest absolute Gasteiger partial charge is 0.384 e. The molecule has 0 aliphatic carbocycles. The molecule has 0 spiro atoms. The highest BCUT2D eigenvalue weighted by Crippen LogP contribution is 2.20. The monoisotopic (exact) mass is 320 g/mol. The van der Waals surface area contributed by atoms with Gasteiger partial charge in [-0.05, 0) is 30.5 Å². The Balaban J connectivity index is 0.00000200. The minimum absolute atomic E-state index is 0. The topological polar surface area (TPSA) is 72.6 Å². The summed E-state index contributed by atoms with van der Waals surface area (Å²) in [6.45, 7) is 1.55. The number of sulfonamides is 1. The molecule has 114 valence electrons.